The van der Waals surface area contributed by atoms with E-state index in [-0.39, 0.29) is 10.8 Å². The zero-order valence-electron chi connectivity index (χ0n) is 9.83. The smallest absolute Gasteiger partial charge is 0.139 e. The molecule has 0 unspecified atom stereocenters. The van der Waals surface area contributed by atoms with Crippen molar-refractivity contribution in [3.63, 3.8) is 0 Å². The van der Waals surface area contributed by atoms with Gasteiger partial charge in [-0.2, -0.15) is 0 Å². The summed E-state index contributed by atoms with van der Waals surface area (Å²) in [6.07, 6.45) is 5.22. The molecule has 1 aromatic rings. The van der Waals surface area contributed by atoms with Gasteiger partial charge in [-0.3, -0.25) is 4.79 Å². The third-order valence-electron chi connectivity index (χ3n) is 4.49. The Bertz CT molecular complexity index is 412. The molecule has 2 aliphatic rings. The molecular weight excluding hydrogens is 196 g/mol. The first-order valence-corrected chi connectivity index (χ1v) is 6.34. The van der Waals surface area contributed by atoms with E-state index in [0.29, 0.717) is 5.78 Å². The van der Waals surface area contributed by atoms with Crippen LogP contribution in [-0.2, 0) is 10.2 Å². The third kappa shape index (κ3) is 1.15. The number of unbranched alkanes of at least 4 members (excludes halogenated alkanes) is 1. The van der Waals surface area contributed by atoms with E-state index in [1.54, 1.807) is 0 Å². The van der Waals surface area contributed by atoms with Gasteiger partial charge in [0.15, 0.2) is 0 Å². The fourth-order valence-corrected chi connectivity index (χ4v) is 3.17. The highest BCUT2D eigenvalue weighted by Gasteiger charge is 2.86. The van der Waals surface area contributed by atoms with Crippen molar-refractivity contribution in [2.45, 2.75) is 44.4 Å². The molecular formula is C15H18O. The molecule has 0 heterocycles. The molecule has 2 aliphatic carbocycles. The lowest BCUT2D eigenvalue weighted by atomic mass is 10.0. The fraction of sp³-hybridized carbons (Fsp3) is 0.533. The average molecular weight is 214 g/mol. The van der Waals surface area contributed by atoms with Gasteiger partial charge in [0.1, 0.15) is 5.78 Å². The molecule has 2 fully saturated rings. The molecule has 0 atom stereocenters. The van der Waals surface area contributed by atoms with E-state index in [4.69, 9.17) is 0 Å². The number of hydrogen-bond acceptors (Lipinski definition) is 1. The molecule has 1 nitrogen and oxygen atoms in total. The zero-order valence-corrected chi connectivity index (χ0v) is 9.83. The van der Waals surface area contributed by atoms with Crippen molar-refractivity contribution in [3.05, 3.63) is 35.9 Å². The minimum Gasteiger partial charge on any atom is -0.299 e. The predicted molar refractivity (Wildman–Crippen MR) is 64.3 cm³/mol. The van der Waals surface area contributed by atoms with E-state index in [2.05, 4.69) is 31.2 Å². The molecule has 0 saturated heterocycles. The van der Waals surface area contributed by atoms with Crippen molar-refractivity contribution in [2.75, 3.05) is 0 Å². The fourth-order valence-electron chi connectivity index (χ4n) is 3.17. The van der Waals surface area contributed by atoms with Crippen LogP contribution in [0, 0.1) is 5.41 Å². The molecule has 1 aromatic carbocycles. The number of benzene rings is 1. The minimum absolute atomic E-state index is 0.0868. The van der Waals surface area contributed by atoms with Crippen LogP contribution in [-0.4, -0.2) is 5.78 Å². The van der Waals surface area contributed by atoms with E-state index in [0.717, 1.165) is 32.1 Å². The summed E-state index contributed by atoms with van der Waals surface area (Å²) in [4.78, 5) is 12.1. The number of ketones is 1. The quantitative estimate of drug-likeness (QED) is 0.733. The van der Waals surface area contributed by atoms with Crippen molar-refractivity contribution >= 4 is 5.78 Å². The predicted octanol–water partition coefficient (Wildman–Crippen LogP) is 3.48. The molecule has 0 radical (unpaired) electrons. The standard InChI is InChI=1S/C15H18O/c1-2-3-9-13(16)15-10-14(15,11-15)12-7-5-4-6-8-12/h4-8H,2-3,9-11H2,1H3. The van der Waals surface area contributed by atoms with Crippen LogP contribution < -0.4 is 0 Å². The summed E-state index contributed by atoms with van der Waals surface area (Å²) in [6.45, 7) is 2.15. The second-order valence-electron chi connectivity index (χ2n) is 5.41. The Balaban J connectivity index is 1.73. The highest BCUT2D eigenvalue weighted by Crippen LogP contribution is 2.86. The summed E-state index contributed by atoms with van der Waals surface area (Å²) in [5, 5.41) is 0. The molecule has 0 N–H and O–H groups in total. The Labute approximate surface area is 96.9 Å². The molecule has 1 heteroatoms. The molecule has 84 valence electrons. The van der Waals surface area contributed by atoms with E-state index in [1.807, 2.05) is 6.07 Å². The average Bonchev–Trinajstić information content (AvgIpc) is 3.13. The molecule has 0 amide bonds. The number of hydrogen-bond donors (Lipinski definition) is 0. The molecule has 0 bridgehead atoms. The highest BCUT2D eigenvalue weighted by molar-refractivity contribution is 5.96. The molecule has 0 spiro atoms. The Kier molecular flexibility index (Phi) is 2.01. The van der Waals surface area contributed by atoms with Gasteiger partial charge in [0.25, 0.3) is 0 Å². The summed E-state index contributed by atoms with van der Waals surface area (Å²) in [6, 6.07) is 10.6. The van der Waals surface area contributed by atoms with Crippen LogP contribution in [0.4, 0.5) is 0 Å². The Morgan fingerprint density at radius 2 is 1.94 bits per heavy atom. The first kappa shape index (κ1) is 10.1. The summed E-state index contributed by atoms with van der Waals surface area (Å²) in [5.74, 6) is 0.526. The maximum absolute atomic E-state index is 12.1. The topological polar surface area (TPSA) is 17.1 Å². The first-order valence-electron chi connectivity index (χ1n) is 6.34. The van der Waals surface area contributed by atoms with Gasteiger partial charge in [-0.1, -0.05) is 43.7 Å². The second kappa shape index (κ2) is 3.19. The molecule has 2 saturated carbocycles. The lowest BCUT2D eigenvalue weighted by Gasteiger charge is -2.00. The van der Waals surface area contributed by atoms with Gasteiger partial charge in [0.2, 0.25) is 0 Å². The van der Waals surface area contributed by atoms with Crippen LogP contribution in [0.3, 0.4) is 0 Å². The van der Waals surface area contributed by atoms with Gasteiger partial charge >= 0.3 is 0 Å². The number of fused-ring (bicyclic) bond motifs is 1. The Morgan fingerprint density at radius 1 is 1.25 bits per heavy atom. The molecule has 16 heavy (non-hydrogen) atoms. The van der Waals surface area contributed by atoms with Gasteiger partial charge in [0.05, 0.1) is 0 Å². The Hall–Kier alpha value is -1.11. The first-order chi connectivity index (χ1) is 7.75. The Morgan fingerprint density at radius 3 is 2.56 bits per heavy atom. The maximum Gasteiger partial charge on any atom is 0.139 e. The van der Waals surface area contributed by atoms with E-state index in [1.165, 1.54) is 5.56 Å². The van der Waals surface area contributed by atoms with Crippen LogP contribution in [0.1, 0.15) is 44.6 Å². The van der Waals surface area contributed by atoms with E-state index >= 15 is 0 Å². The third-order valence-corrected chi connectivity index (χ3v) is 4.49. The number of carbonyl (C=O) groups is 1. The monoisotopic (exact) mass is 214 g/mol. The van der Waals surface area contributed by atoms with Crippen molar-refractivity contribution < 1.29 is 4.79 Å². The van der Waals surface area contributed by atoms with E-state index < -0.39 is 0 Å². The van der Waals surface area contributed by atoms with Gasteiger partial charge in [-0.15, -0.1) is 0 Å². The maximum atomic E-state index is 12.1. The van der Waals surface area contributed by atoms with Crippen molar-refractivity contribution in [1.29, 1.82) is 0 Å². The molecule has 3 rings (SSSR count). The zero-order chi connectivity index (χ0) is 11.2. The number of rotatable bonds is 5. The summed E-state index contributed by atoms with van der Waals surface area (Å²) in [5.41, 5.74) is 1.75. The second-order valence-corrected chi connectivity index (χ2v) is 5.41. The summed E-state index contributed by atoms with van der Waals surface area (Å²) >= 11 is 0. The lowest BCUT2D eigenvalue weighted by Crippen LogP contribution is -2.06. The normalized spacial score (nSPS) is 34.3. The van der Waals surface area contributed by atoms with Crippen LogP contribution in [0.5, 0.6) is 0 Å². The lowest BCUT2D eigenvalue weighted by molar-refractivity contribution is -0.122. The number of Topliss-reactive ketones (excluding diaryl/α,β-unsaturated/α-hetero) is 1. The minimum atomic E-state index is 0.0868. The van der Waals surface area contributed by atoms with Crippen LogP contribution in [0.15, 0.2) is 30.3 Å². The van der Waals surface area contributed by atoms with Crippen molar-refractivity contribution in [2.24, 2.45) is 5.41 Å². The van der Waals surface area contributed by atoms with Gasteiger partial charge < -0.3 is 0 Å². The molecule has 0 aromatic heterocycles. The molecule has 0 aliphatic heterocycles. The van der Waals surface area contributed by atoms with Crippen LogP contribution >= 0.6 is 0 Å². The van der Waals surface area contributed by atoms with Crippen molar-refractivity contribution in [3.8, 4) is 0 Å². The largest absolute Gasteiger partial charge is 0.299 e. The van der Waals surface area contributed by atoms with E-state index in [9.17, 15) is 4.79 Å². The van der Waals surface area contributed by atoms with Gasteiger partial charge in [0, 0.05) is 17.3 Å². The van der Waals surface area contributed by atoms with Gasteiger partial charge in [-0.05, 0) is 24.8 Å². The highest BCUT2D eigenvalue weighted by atomic mass is 16.1. The van der Waals surface area contributed by atoms with Crippen LogP contribution in [0.2, 0.25) is 0 Å². The SMILES string of the molecule is CCCCC(=O)C12CC1(c1ccccc1)C2. The number of carbonyl (C=O) groups excluding carboxylic acids is 1. The van der Waals surface area contributed by atoms with Gasteiger partial charge in [-0.25, -0.2) is 0 Å². The summed E-state index contributed by atoms with van der Waals surface area (Å²) < 4.78 is 0. The summed E-state index contributed by atoms with van der Waals surface area (Å²) in [7, 11) is 0. The van der Waals surface area contributed by atoms with Crippen molar-refractivity contribution in [1.82, 2.24) is 0 Å². The van der Waals surface area contributed by atoms with Crippen LogP contribution in [0.25, 0.3) is 0 Å².